The van der Waals surface area contributed by atoms with E-state index < -0.39 is 36.7 Å². The van der Waals surface area contributed by atoms with Crippen molar-refractivity contribution in [2.45, 2.75) is 50.5 Å². The number of ether oxygens (including phenoxy) is 7. The van der Waals surface area contributed by atoms with Gasteiger partial charge in [0.25, 0.3) is 0 Å². The molecule has 4 aromatic rings. The van der Waals surface area contributed by atoms with Crippen LogP contribution in [0.25, 0.3) is 0 Å². The molecule has 246 valence electrons. The largest absolute Gasteiger partial charge is 0.493 e. The second kappa shape index (κ2) is 17.4. The van der Waals surface area contributed by atoms with Crippen molar-refractivity contribution in [2.24, 2.45) is 0 Å². The van der Waals surface area contributed by atoms with E-state index in [1.165, 1.54) is 19.3 Å². The van der Waals surface area contributed by atoms with E-state index in [4.69, 9.17) is 33.2 Å². The van der Waals surface area contributed by atoms with Crippen LogP contribution in [-0.4, -0.2) is 62.1 Å². The van der Waals surface area contributed by atoms with Crippen LogP contribution in [0.3, 0.4) is 0 Å². The minimum Gasteiger partial charge on any atom is -0.493 e. The number of esters is 1. The van der Waals surface area contributed by atoms with Gasteiger partial charge in [0.05, 0.1) is 39.1 Å². The van der Waals surface area contributed by atoms with Crippen molar-refractivity contribution in [3.8, 4) is 11.5 Å². The second-order valence-electron chi connectivity index (χ2n) is 10.9. The summed E-state index contributed by atoms with van der Waals surface area (Å²) in [6, 6.07) is 34.0. The van der Waals surface area contributed by atoms with E-state index in [1.54, 1.807) is 12.1 Å². The van der Waals surface area contributed by atoms with Gasteiger partial charge in [0, 0.05) is 0 Å². The van der Waals surface area contributed by atoms with Crippen LogP contribution >= 0.6 is 0 Å². The van der Waals surface area contributed by atoms with Crippen molar-refractivity contribution in [2.75, 3.05) is 20.3 Å². The molecule has 0 radical (unpaired) electrons. The molecule has 1 saturated heterocycles. The number of hydrogen-bond acceptors (Lipinski definition) is 9. The normalized spacial score (nSPS) is 20.7. The molecule has 9 nitrogen and oxygen atoms in total. The molecule has 0 saturated carbocycles. The van der Waals surface area contributed by atoms with Gasteiger partial charge in [0.2, 0.25) is 6.29 Å². The van der Waals surface area contributed by atoms with E-state index in [0.717, 1.165) is 16.7 Å². The topological polar surface area (TPSA) is 102 Å². The number of carbonyl (C=O) groups excluding carboxylic acids is 1. The highest BCUT2D eigenvalue weighted by Gasteiger charge is 2.49. The second-order valence-corrected chi connectivity index (χ2v) is 10.9. The molecule has 0 unspecified atom stereocenters. The van der Waals surface area contributed by atoms with Gasteiger partial charge in [-0.05, 0) is 34.9 Å². The fraction of sp³-hybridized carbons (Fsp3) is 0.289. The Morgan fingerprint density at radius 2 is 1.28 bits per heavy atom. The highest BCUT2D eigenvalue weighted by Crippen LogP contribution is 2.35. The molecule has 5 rings (SSSR count). The molecule has 47 heavy (non-hydrogen) atoms. The van der Waals surface area contributed by atoms with E-state index in [9.17, 15) is 9.90 Å². The van der Waals surface area contributed by atoms with Gasteiger partial charge in [-0.3, -0.25) is 0 Å². The van der Waals surface area contributed by atoms with Crippen LogP contribution in [0.15, 0.2) is 122 Å². The number of hydrogen-bond donors (Lipinski definition) is 1. The molecule has 0 bridgehead atoms. The molecule has 4 aromatic carbocycles. The van der Waals surface area contributed by atoms with Crippen LogP contribution in [0.4, 0.5) is 0 Å². The molecular weight excluding hydrogens is 600 g/mol. The monoisotopic (exact) mass is 640 g/mol. The van der Waals surface area contributed by atoms with Gasteiger partial charge in [-0.15, -0.1) is 0 Å². The first-order valence-corrected chi connectivity index (χ1v) is 15.4. The number of aliphatic hydroxyl groups excluding tert-OH is 1. The molecular formula is C38H40O9. The molecule has 1 heterocycles. The maximum Gasteiger partial charge on any atom is 0.338 e. The van der Waals surface area contributed by atoms with Crippen molar-refractivity contribution in [3.63, 3.8) is 0 Å². The fourth-order valence-corrected chi connectivity index (χ4v) is 5.22. The lowest BCUT2D eigenvalue weighted by molar-refractivity contribution is -0.308. The Kier molecular flexibility index (Phi) is 12.5. The SMILES string of the molecule is C=CCOC(=O)c1ccc(O[C@@H]2O[C@H](CO)[C@@H](OCc3ccccc3)[C@H](OCc3ccccc3)[C@H]2OCc2ccccc2)c(OC)c1. The lowest BCUT2D eigenvalue weighted by Gasteiger charge is -2.45. The van der Waals surface area contributed by atoms with Crippen LogP contribution < -0.4 is 9.47 Å². The van der Waals surface area contributed by atoms with E-state index in [0.29, 0.717) is 5.75 Å². The zero-order valence-electron chi connectivity index (χ0n) is 26.3. The predicted octanol–water partition coefficient (Wildman–Crippen LogP) is 5.89. The van der Waals surface area contributed by atoms with Gasteiger partial charge >= 0.3 is 5.97 Å². The smallest absolute Gasteiger partial charge is 0.338 e. The molecule has 1 aliphatic rings. The van der Waals surface area contributed by atoms with Crippen molar-refractivity contribution < 1.29 is 43.1 Å². The minimum atomic E-state index is -1.05. The lowest BCUT2D eigenvalue weighted by Crippen LogP contribution is -2.62. The Morgan fingerprint density at radius 3 is 1.79 bits per heavy atom. The predicted molar refractivity (Wildman–Crippen MR) is 175 cm³/mol. The lowest BCUT2D eigenvalue weighted by atomic mass is 9.97. The molecule has 1 N–H and O–H groups in total. The maximum absolute atomic E-state index is 12.5. The van der Waals surface area contributed by atoms with Gasteiger partial charge in [-0.1, -0.05) is 104 Å². The summed E-state index contributed by atoms with van der Waals surface area (Å²) in [5.74, 6) is 0.0577. The number of methoxy groups -OCH3 is 1. The third-order valence-electron chi connectivity index (χ3n) is 7.60. The summed E-state index contributed by atoms with van der Waals surface area (Å²) in [6.07, 6.45) is -2.63. The number of carbonyl (C=O) groups is 1. The minimum absolute atomic E-state index is 0.0795. The van der Waals surface area contributed by atoms with Crippen LogP contribution in [0.2, 0.25) is 0 Å². The van der Waals surface area contributed by atoms with E-state index in [1.807, 2.05) is 91.0 Å². The van der Waals surface area contributed by atoms with E-state index >= 15 is 0 Å². The van der Waals surface area contributed by atoms with Crippen molar-refractivity contribution >= 4 is 5.97 Å². The van der Waals surface area contributed by atoms with Gasteiger partial charge in [0.15, 0.2) is 11.5 Å². The van der Waals surface area contributed by atoms with Crippen molar-refractivity contribution in [3.05, 3.63) is 144 Å². The molecule has 0 spiro atoms. The summed E-state index contributed by atoms with van der Waals surface area (Å²) < 4.78 is 43.2. The maximum atomic E-state index is 12.5. The molecule has 0 aliphatic carbocycles. The zero-order chi connectivity index (χ0) is 32.8. The zero-order valence-corrected chi connectivity index (χ0v) is 26.3. The third-order valence-corrected chi connectivity index (χ3v) is 7.60. The summed E-state index contributed by atoms with van der Waals surface area (Å²) >= 11 is 0. The summed E-state index contributed by atoms with van der Waals surface area (Å²) in [5.41, 5.74) is 3.15. The average molecular weight is 641 g/mol. The molecule has 1 aliphatic heterocycles. The van der Waals surface area contributed by atoms with Gasteiger partial charge in [-0.2, -0.15) is 0 Å². The quantitative estimate of drug-likeness (QED) is 0.119. The molecule has 0 amide bonds. The molecule has 1 fully saturated rings. The number of benzene rings is 4. The van der Waals surface area contributed by atoms with Gasteiger partial charge in [0.1, 0.15) is 31.0 Å². The first kappa shape index (κ1) is 33.8. The molecule has 0 aromatic heterocycles. The summed E-state index contributed by atoms with van der Waals surface area (Å²) in [5, 5.41) is 10.6. The Labute approximate surface area is 275 Å². The highest BCUT2D eigenvalue weighted by molar-refractivity contribution is 5.90. The Balaban J connectivity index is 1.47. The van der Waals surface area contributed by atoms with Crippen molar-refractivity contribution in [1.29, 1.82) is 0 Å². The third kappa shape index (κ3) is 9.28. The van der Waals surface area contributed by atoms with Crippen molar-refractivity contribution in [1.82, 2.24) is 0 Å². The molecule has 5 atom stereocenters. The van der Waals surface area contributed by atoms with Crippen LogP contribution in [-0.2, 0) is 43.5 Å². The molecule has 9 heteroatoms. The summed E-state index contributed by atoms with van der Waals surface area (Å²) in [4.78, 5) is 12.5. The Morgan fingerprint density at radius 1 is 0.745 bits per heavy atom. The average Bonchev–Trinajstić information content (AvgIpc) is 3.13. The van der Waals surface area contributed by atoms with E-state index in [-0.39, 0.29) is 44.3 Å². The fourth-order valence-electron chi connectivity index (χ4n) is 5.22. The number of aliphatic hydroxyl groups is 1. The van der Waals surface area contributed by atoms with E-state index in [2.05, 4.69) is 6.58 Å². The first-order chi connectivity index (χ1) is 23.1. The van der Waals surface area contributed by atoms with Crippen LogP contribution in [0, 0.1) is 0 Å². The van der Waals surface area contributed by atoms with Crippen LogP contribution in [0.1, 0.15) is 27.0 Å². The van der Waals surface area contributed by atoms with Gasteiger partial charge < -0.3 is 38.3 Å². The Hall–Kier alpha value is -4.51. The first-order valence-electron chi connectivity index (χ1n) is 15.4. The van der Waals surface area contributed by atoms with Gasteiger partial charge in [-0.25, -0.2) is 4.79 Å². The standard InChI is InChI=1S/C38H40O9/c1-3-21-42-37(40)30-19-20-31(32(22-30)41-2)46-38-36(45-26-29-17-11-6-12-18-29)35(44-25-28-15-9-5-10-16-28)34(33(23-39)47-38)43-24-27-13-7-4-8-14-27/h3-20,22,33-36,38-39H,1,21,23-26H2,2H3/t33-,34-,35+,36-,38-/m1/s1. The Bertz CT molecular complexity index is 1530. The summed E-state index contributed by atoms with van der Waals surface area (Å²) in [7, 11) is 1.47. The highest BCUT2D eigenvalue weighted by atomic mass is 16.7. The van der Waals surface area contributed by atoms with Crippen LogP contribution in [0.5, 0.6) is 11.5 Å². The number of rotatable bonds is 16. The summed E-state index contributed by atoms with van der Waals surface area (Å²) in [6.45, 7) is 4.06.